The Labute approximate surface area is 392 Å². The number of benzene rings is 5. The minimum absolute atomic E-state index is 0.395. The summed E-state index contributed by atoms with van der Waals surface area (Å²) in [4.78, 5) is 0. The Hall–Kier alpha value is -7.69. The fourth-order valence-corrected chi connectivity index (χ4v) is 7.54. The summed E-state index contributed by atoms with van der Waals surface area (Å²) >= 11 is 0. The van der Waals surface area contributed by atoms with Crippen LogP contribution in [0.3, 0.4) is 0 Å². The van der Waals surface area contributed by atoms with Crippen LogP contribution >= 0.6 is 0 Å². The van der Waals surface area contributed by atoms with Crippen molar-refractivity contribution < 1.29 is 8.83 Å². The lowest BCUT2D eigenvalue weighted by Crippen LogP contribution is -2.05. The molecule has 0 aliphatic carbocycles. The molecule has 66 heavy (non-hydrogen) atoms. The molecule has 0 saturated heterocycles. The van der Waals surface area contributed by atoms with Gasteiger partial charge in [0, 0.05) is 33.8 Å². The second-order valence-corrected chi connectivity index (χ2v) is 15.7. The van der Waals surface area contributed by atoms with Gasteiger partial charge in [-0.3, -0.25) is 0 Å². The second-order valence-electron chi connectivity index (χ2n) is 15.7. The van der Waals surface area contributed by atoms with Gasteiger partial charge in [-0.15, -0.1) is 0 Å². The molecule has 7 rings (SSSR count). The van der Waals surface area contributed by atoms with Crippen molar-refractivity contribution >= 4 is 50.3 Å². The zero-order chi connectivity index (χ0) is 47.6. The number of hydrogen-bond donors (Lipinski definition) is 2. The highest BCUT2D eigenvalue weighted by molar-refractivity contribution is 6.07. The van der Waals surface area contributed by atoms with Crippen LogP contribution in [-0.4, -0.2) is 5.71 Å². The van der Waals surface area contributed by atoms with E-state index in [-0.39, 0.29) is 0 Å². The Bertz CT molecular complexity index is 3070. The Morgan fingerprint density at radius 2 is 1.29 bits per heavy atom. The molecule has 0 amide bonds. The average Bonchev–Trinajstić information content (AvgIpc) is 3.88. The quantitative estimate of drug-likeness (QED) is 0.0844. The highest BCUT2D eigenvalue weighted by atomic mass is 16.3. The van der Waals surface area contributed by atoms with Crippen LogP contribution in [0.15, 0.2) is 232 Å². The minimum atomic E-state index is 0.395. The van der Waals surface area contributed by atoms with E-state index in [1.807, 2.05) is 139 Å². The third kappa shape index (κ3) is 12.7. The van der Waals surface area contributed by atoms with Gasteiger partial charge in [-0.05, 0) is 134 Å². The van der Waals surface area contributed by atoms with Gasteiger partial charge in [-0.1, -0.05) is 178 Å². The number of hydrogen-bond acceptors (Lipinski definition) is 4. The number of para-hydroxylation sites is 2. The van der Waals surface area contributed by atoms with Crippen LogP contribution in [0.25, 0.3) is 55.7 Å². The largest absolute Gasteiger partial charge is 0.460 e. The van der Waals surface area contributed by atoms with Crippen LogP contribution in [0, 0.1) is 12.3 Å². The molecule has 0 aliphatic heterocycles. The molecule has 0 aliphatic rings. The molecule has 0 spiro atoms. The third-order valence-corrected chi connectivity index (χ3v) is 10.7. The first kappa shape index (κ1) is 49.3. The predicted octanol–water partition coefficient (Wildman–Crippen LogP) is 17.6. The van der Waals surface area contributed by atoms with Gasteiger partial charge in [-0.2, -0.15) is 0 Å². The fraction of sp³-hybridized carbons (Fsp3) is 0.145. The molecule has 0 saturated carbocycles. The Morgan fingerprint density at radius 3 is 1.97 bits per heavy atom. The predicted molar refractivity (Wildman–Crippen MR) is 288 cm³/mol. The number of aryl methyl sites for hydroxylation is 1. The van der Waals surface area contributed by atoms with Crippen molar-refractivity contribution in [1.82, 2.24) is 0 Å². The molecule has 334 valence electrons. The molecule has 7 aromatic rings. The molecule has 2 heterocycles. The number of allylic oxidation sites excluding steroid dienone is 15. The molecule has 0 radical (unpaired) electrons. The van der Waals surface area contributed by atoms with Crippen LogP contribution in [0.2, 0.25) is 0 Å². The van der Waals surface area contributed by atoms with E-state index < -0.39 is 0 Å². The number of rotatable bonds is 14. The molecular formula is C62H64N2O2. The van der Waals surface area contributed by atoms with Crippen molar-refractivity contribution in [2.45, 2.75) is 61.8 Å². The van der Waals surface area contributed by atoms with Gasteiger partial charge in [0.1, 0.15) is 22.5 Å². The van der Waals surface area contributed by atoms with E-state index in [0.717, 1.165) is 83.2 Å². The van der Waals surface area contributed by atoms with Gasteiger partial charge in [0.05, 0.1) is 5.71 Å². The van der Waals surface area contributed by atoms with Gasteiger partial charge in [0.2, 0.25) is 0 Å². The zero-order valence-electron chi connectivity index (χ0n) is 39.9. The topological polar surface area (TPSA) is 76.2 Å². The van der Waals surface area contributed by atoms with E-state index in [9.17, 15) is 0 Å². The first-order valence-corrected chi connectivity index (χ1v) is 22.7. The Balaban J connectivity index is 0.000000240. The van der Waals surface area contributed by atoms with E-state index in [1.165, 1.54) is 16.7 Å². The summed E-state index contributed by atoms with van der Waals surface area (Å²) in [5, 5.41) is 11.7. The van der Waals surface area contributed by atoms with E-state index in [1.54, 1.807) is 6.08 Å². The van der Waals surface area contributed by atoms with Crippen LogP contribution in [-0.2, 0) is 6.42 Å². The highest BCUT2D eigenvalue weighted by Gasteiger charge is 2.13. The summed E-state index contributed by atoms with van der Waals surface area (Å²) in [6.07, 6.45) is 24.8. The van der Waals surface area contributed by atoms with Crippen LogP contribution < -0.4 is 5.73 Å². The van der Waals surface area contributed by atoms with Gasteiger partial charge in [0.25, 0.3) is 0 Å². The molecule has 3 N–H and O–H groups in total. The smallest absolute Gasteiger partial charge is 0.135 e. The highest BCUT2D eigenvalue weighted by Crippen LogP contribution is 2.34. The monoisotopic (exact) mass is 868 g/mol. The first-order valence-electron chi connectivity index (χ1n) is 22.7. The van der Waals surface area contributed by atoms with Crippen molar-refractivity contribution in [3.05, 3.63) is 251 Å². The molecule has 5 aromatic carbocycles. The number of fused-ring (bicyclic) bond motifs is 4. The Kier molecular flexibility index (Phi) is 18.2. The maximum Gasteiger partial charge on any atom is 0.135 e. The van der Waals surface area contributed by atoms with Gasteiger partial charge in [-0.25, -0.2) is 0 Å². The number of nitrogens with one attached hydrogen (secondary N) is 1. The molecule has 0 atom stereocenters. The second kappa shape index (κ2) is 24.4. The Morgan fingerprint density at radius 1 is 0.621 bits per heavy atom. The van der Waals surface area contributed by atoms with E-state index >= 15 is 0 Å². The molecule has 0 unspecified atom stereocenters. The zero-order valence-corrected chi connectivity index (χ0v) is 39.9. The van der Waals surface area contributed by atoms with Crippen molar-refractivity contribution in [3.8, 4) is 11.1 Å². The normalized spacial score (nSPS) is 12.7. The summed E-state index contributed by atoms with van der Waals surface area (Å²) in [7, 11) is 0. The molecule has 0 bridgehead atoms. The van der Waals surface area contributed by atoms with Crippen molar-refractivity contribution in [1.29, 1.82) is 5.41 Å². The molecule has 0 fully saturated rings. The van der Waals surface area contributed by atoms with Crippen molar-refractivity contribution in [2.24, 2.45) is 5.73 Å². The van der Waals surface area contributed by atoms with E-state index in [4.69, 9.17) is 20.0 Å². The van der Waals surface area contributed by atoms with Gasteiger partial charge in [0.15, 0.2) is 0 Å². The molecule has 4 nitrogen and oxygen atoms in total. The maximum absolute atomic E-state index is 8.30. The lowest BCUT2D eigenvalue weighted by Gasteiger charge is -2.11. The lowest BCUT2D eigenvalue weighted by molar-refractivity contribution is 0.560. The van der Waals surface area contributed by atoms with Crippen LogP contribution in [0.4, 0.5) is 0 Å². The van der Waals surface area contributed by atoms with Gasteiger partial charge < -0.3 is 20.0 Å². The van der Waals surface area contributed by atoms with Gasteiger partial charge >= 0.3 is 0 Å². The average molecular weight is 869 g/mol. The van der Waals surface area contributed by atoms with Crippen LogP contribution in [0.1, 0.15) is 76.5 Å². The minimum Gasteiger partial charge on any atom is -0.460 e. The van der Waals surface area contributed by atoms with E-state index in [0.29, 0.717) is 17.8 Å². The first-order chi connectivity index (χ1) is 32.0. The summed E-state index contributed by atoms with van der Waals surface area (Å²) in [6, 6.07) is 39.0. The molecular weight excluding hydrogens is 805 g/mol. The summed E-state index contributed by atoms with van der Waals surface area (Å²) in [6.45, 7) is 24.6. The third-order valence-electron chi connectivity index (χ3n) is 10.7. The number of furan rings is 2. The van der Waals surface area contributed by atoms with Crippen molar-refractivity contribution in [3.63, 3.8) is 0 Å². The molecule has 2 aromatic heterocycles. The molecule has 4 heteroatoms. The SMILES string of the molecule is C/C=C\c1c(C/C(C)=C/C(=C\C)C(/N)=C/C(=N)c2ccccc2)oc2ccccc12.C=C(/C=C\C=C/C)C(=C)/C=C(\C=C/C)c1cc(C)cc(-c2ccc3oc4ccccc4c3c2)c1.CC. The summed E-state index contributed by atoms with van der Waals surface area (Å²) in [5.74, 6) is 0.943. The lowest BCUT2D eigenvalue weighted by atomic mass is 9.94. The van der Waals surface area contributed by atoms with E-state index in [2.05, 4.69) is 112 Å². The van der Waals surface area contributed by atoms with Crippen molar-refractivity contribution in [2.75, 3.05) is 0 Å². The summed E-state index contributed by atoms with van der Waals surface area (Å²) in [5.41, 5.74) is 21.6. The fourth-order valence-electron chi connectivity index (χ4n) is 7.54. The summed E-state index contributed by atoms with van der Waals surface area (Å²) < 4.78 is 12.1. The number of nitrogens with two attached hydrogens (primary N) is 1. The standard InChI is InChI=1S/C33H30O.C27H28N2O.C2H6/c1-6-8-9-13-24(4)25(5)20-26(12-7-2)28-18-23(3)19-29(21-28)27-16-17-33-31(22-27)30-14-10-11-15-32(30)34-33;1-4-11-22-23-14-9-10-15-26(23)30-27(22)17-19(3)16-20(5-2)24(28)18-25(29)21-12-7-6-8-13-21;1-2/h6-22H,4-5H2,1-3H3;4-16,18,29H,17,28H2,1-3H3;1-2H3/b8-6-,12-7-,13-9-,26-20+;11-4-,19-16+,20-5+,24-18-,29-25?;. The maximum atomic E-state index is 8.30. The van der Waals surface area contributed by atoms with Crippen LogP contribution in [0.5, 0.6) is 0 Å².